The Labute approximate surface area is 102 Å². The van der Waals surface area contributed by atoms with Crippen LogP contribution in [-0.4, -0.2) is 26.5 Å². The highest BCUT2D eigenvalue weighted by Gasteiger charge is 2.36. The fourth-order valence-electron chi connectivity index (χ4n) is 2.64. The molecule has 7 heteroatoms. The standard InChI is InChI=1S/C11H15N5O2/c1-2-11(4-3-5-12-11)9-13-6-7(14-9)15-10(18)16-8(6)17/h12H,2-5H2,1H3,(H3,13,14,15,16,17,18). The zero-order chi connectivity index (χ0) is 12.8. The van der Waals surface area contributed by atoms with E-state index < -0.39 is 11.2 Å². The monoisotopic (exact) mass is 249 g/mol. The molecular formula is C11H15N5O2. The third-order valence-corrected chi connectivity index (χ3v) is 3.69. The van der Waals surface area contributed by atoms with Crippen LogP contribution in [0, 0.1) is 0 Å². The van der Waals surface area contributed by atoms with E-state index in [4.69, 9.17) is 0 Å². The molecule has 18 heavy (non-hydrogen) atoms. The first-order valence-electron chi connectivity index (χ1n) is 6.12. The third-order valence-electron chi connectivity index (χ3n) is 3.69. The van der Waals surface area contributed by atoms with E-state index in [1.54, 1.807) is 0 Å². The van der Waals surface area contributed by atoms with Crippen molar-refractivity contribution in [1.29, 1.82) is 0 Å². The third kappa shape index (κ3) is 1.51. The molecule has 3 rings (SSSR count). The molecule has 1 aliphatic rings. The number of rotatable bonds is 2. The number of H-pyrrole nitrogens is 3. The second-order valence-corrected chi connectivity index (χ2v) is 4.68. The van der Waals surface area contributed by atoms with E-state index in [2.05, 4.69) is 32.2 Å². The topological polar surface area (TPSA) is 106 Å². The Kier molecular flexibility index (Phi) is 2.37. The Bertz CT molecular complexity index is 689. The van der Waals surface area contributed by atoms with E-state index >= 15 is 0 Å². The Hall–Kier alpha value is -1.89. The number of imidazole rings is 1. The highest BCUT2D eigenvalue weighted by molar-refractivity contribution is 5.68. The summed E-state index contributed by atoms with van der Waals surface area (Å²) in [4.78, 5) is 35.0. The first kappa shape index (κ1) is 11.2. The van der Waals surface area contributed by atoms with Crippen molar-refractivity contribution in [3.63, 3.8) is 0 Å². The molecular weight excluding hydrogens is 234 g/mol. The largest absolute Gasteiger partial charge is 0.335 e. The van der Waals surface area contributed by atoms with Crippen molar-refractivity contribution in [2.45, 2.75) is 31.7 Å². The van der Waals surface area contributed by atoms with Gasteiger partial charge in [0.1, 0.15) is 11.3 Å². The van der Waals surface area contributed by atoms with Crippen LogP contribution in [0.1, 0.15) is 32.0 Å². The Morgan fingerprint density at radius 3 is 2.78 bits per heavy atom. The molecule has 1 saturated heterocycles. The van der Waals surface area contributed by atoms with Crippen molar-refractivity contribution >= 4 is 11.2 Å². The summed E-state index contributed by atoms with van der Waals surface area (Å²) >= 11 is 0. The summed E-state index contributed by atoms with van der Waals surface area (Å²) in [6.45, 7) is 3.02. The maximum absolute atomic E-state index is 11.7. The number of aromatic nitrogens is 4. The maximum atomic E-state index is 11.7. The van der Waals surface area contributed by atoms with Gasteiger partial charge in [0.25, 0.3) is 5.56 Å². The zero-order valence-electron chi connectivity index (χ0n) is 10.1. The fraction of sp³-hybridized carbons (Fsp3) is 0.545. The van der Waals surface area contributed by atoms with Crippen molar-refractivity contribution in [2.75, 3.05) is 6.54 Å². The molecule has 3 heterocycles. The first-order chi connectivity index (χ1) is 8.64. The van der Waals surface area contributed by atoms with E-state index in [-0.39, 0.29) is 5.54 Å². The predicted octanol–water partition coefficient (Wildman–Crippen LogP) is -0.0718. The molecule has 1 aliphatic heterocycles. The van der Waals surface area contributed by atoms with Crippen molar-refractivity contribution < 1.29 is 0 Å². The second-order valence-electron chi connectivity index (χ2n) is 4.68. The van der Waals surface area contributed by atoms with Crippen LogP contribution in [0.2, 0.25) is 0 Å². The van der Waals surface area contributed by atoms with Crippen molar-refractivity contribution in [1.82, 2.24) is 25.3 Å². The summed E-state index contributed by atoms with van der Waals surface area (Å²) in [5.41, 5.74) is -0.527. The lowest BCUT2D eigenvalue weighted by Crippen LogP contribution is -2.37. The molecule has 2 aromatic heterocycles. The van der Waals surface area contributed by atoms with Gasteiger partial charge in [0.05, 0.1) is 5.54 Å². The summed E-state index contributed by atoms with van der Waals surface area (Å²) in [5.74, 6) is 0.727. The fourth-order valence-corrected chi connectivity index (χ4v) is 2.64. The molecule has 96 valence electrons. The van der Waals surface area contributed by atoms with E-state index in [9.17, 15) is 9.59 Å². The number of hydrogen-bond acceptors (Lipinski definition) is 4. The first-order valence-corrected chi connectivity index (χ1v) is 6.12. The maximum Gasteiger partial charge on any atom is 0.327 e. The summed E-state index contributed by atoms with van der Waals surface area (Å²) < 4.78 is 0. The lowest BCUT2D eigenvalue weighted by molar-refractivity contribution is 0.356. The van der Waals surface area contributed by atoms with Gasteiger partial charge in [-0.1, -0.05) is 6.92 Å². The molecule has 0 amide bonds. The molecule has 0 spiro atoms. The van der Waals surface area contributed by atoms with Gasteiger partial charge in [-0.25, -0.2) is 9.78 Å². The van der Waals surface area contributed by atoms with Gasteiger partial charge in [-0.3, -0.25) is 14.8 Å². The van der Waals surface area contributed by atoms with Gasteiger partial charge < -0.3 is 10.3 Å². The van der Waals surface area contributed by atoms with Gasteiger partial charge in [-0.2, -0.15) is 0 Å². The Morgan fingerprint density at radius 1 is 1.28 bits per heavy atom. The average molecular weight is 249 g/mol. The molecule has 4 N–H and O–H groups in total. The number of nitrogens with one attached hydrogen (secondary N) is 4. The van der Waals surface area contributed by atoms with Crippen LogP contribution in [0.4, 0.5) is 0 Å². The minimum absolute atomic E-state index is 0.206. The summed E-state index contributed by atoms with van der Waals surface area (Å²) in [6, 6.07) is 0. The Morgan fingerprint density at radius 2 is 2.11 bits per heavy atom. The highest BCUT2D eigenvalue weighted by atomic mass is 16.2. The smallest absolute Gasteiger partial charge is 0.327 e. The minimum atomic E-state index is -0.532. The molecule has 7 nitrogen and oxygen atoms in total. The highest BCUT2D eigenvalue weighted by Crippen LogP contribution is 2.32. The number of nitrogens with zero attached hydrogens (tertiary/aromatic N) is 1. The van der Waals surface area contributed by atoms with Crippen LogP contribution in [-0.2, 0) is 5.54 Å². The number of fused-ring (bicyclic) bond motifs is 1. The van der Waals surface area contributed by atoms with Gasteiger partial charge in [-0.15, -0.1) is 0 Å². The predicted molar refractivity (Wildman–Crippen MR) is 66.5 cm³/mol. The van der Waals surface area contributed by atoms with Gasteiger partial charge in [0.15, 0.2) is 5.65 Å². The SMILES string of the molecule is CCC1(c2nc3[nH]c(=O)[nH]c(=O)c3[nH]2)CCCN1. The molecule has 1 fully saturated rings. The van der Waals surface area contributed by atoms with E-state index in [1.807, 2.05) is 0 Å². The van der Waals surface area contributed by atoms with Gasteiger partial charge in [-0.05, 0) is 25.8 Å². The summed E-state index contributed by atoms with van der Waals surface area (Å²) in [5, 5.41) is 3.43. The molecule has 0 aliphatic carbocycles. The van der Waals surface area contributed by atoms with Crippen molar-refractivity contribution in [3.05, 3.63) is 26.7 Å². The summed E-state index contributed by atoms with van der Waals surface area (Å²) in [7, 11) is 0. The molecule has 1 atom stereocenters. The van der Waals surface area contributed by atoms with Crippen LogP contribution in [0.3, 0.4) is 0 Å². The van der Waals surface area contributed by atoms with E-state index in [0.29, 0.717) is 11.2 Å². The second kappa shape index (κ2) is 3.81. The zero-order valence-corrected chi connectivity index (χ0v) is 10.1. The van der Waals surface area contributed by atoms with E-state index in [1.165, 1.54) is 0 Å². The van der Waals surface area contributed by atoms with Crippen LogP contribution in [0.5, 0.6) is 0 Å². The van der Waals surface area contributed by atoms with Crippen LogP contribution in [0.15, 0.2) is 9.59 Å². The van der Waals surface area contributed by atoms with Crippen LogP contribution in [0.25, 0.3) is 11.2 Å². The lowest BCUT2D eigenvalue weighted by Gasteiger charge is -2.25. The van der Waals surface area contributed by atoms with E-state index in [0.717, 1.165) is 31.6 Å². The van der Waals surface area contributed by atoms with Gasteiger partial charge in [0.2, 0.25) is 0 Å². The van der Waals surface area contributed by atoms with Gasteiger partial charge in [0, 0.05) is 0 Å². The molecule has 0 bridgehead atoms. The van der Waals surface area contributed by atoms with Crippen molar-refractivity contribution in [2.24, 2.45) is 0 Å². The molecule has 2 aromatic rings. The average Bonchev–Trinajstić information content (AvgIpc) is 2.94. The normalized spacial score (nSPS) is 23.8. The van der Waals surface area contributed by atoms with Crippen LogP contribution < -0.4 is 16.6 Å². The number of aromatic amines is 3. The molecule has 0 radical (unpaired) electrons. The summed E-state index contributed by atoms with van der Waals surface area (Å²) in [6.07, 6.45) is 2.94. The van der Waals surface area contributed by atoms with Crippen molar-refractivity contribution in [3.8, 4) is 0 Å². The molecule has 0 saturated carbocycles. The van der Waals surface area contributed by atoms with Crippen LogP contribution >= 0.6 is 0 Å². The lowest BCUT2D eigenvalue weighted by atomic mass is 9.93. The quantitative estimate of drug-likeness (QED) is 0.597. The Balaban J connectivity index is 2.22. The molecule has 1 unspecified atom stereocenters. The molecule has 0 aromatic carbocycles. The number of hydrogen-bond donors (Lipinski definition) is 4. The minimum Gasteiger partial charge on any atom is -0.335 e. The van der Waals surface area contributed by atoms with Gasteiger partial charge >= 0.3 is 5.69 Å².